The number of hydrogen-bond donors (Lipinski definition) is 1. The normalized spacial score (nSPS) is 10.7. The van der Waals surface area contributed by atoms with Gasteiger partial charge in [-0.05, 0) is 31.2 Å². The Balaban J connectivity index is 1.93. The van der Waals surface area contributed by atoms with E-state index in [1.807, 2.05) is 55.5 Å². The number of ether oxygens (including phenoxy) is 2. The molecule has 0 aliphatic carbocycles. The number of methoxy groups -OCH3 is 1. The lowest BCUT2D eigenvalue weighted by Crippen LogP contribution is -2.06. The first-order chi connectivity index (χ1) is 11.3. The van der Waals surface area contributed by atoms with E-state index in [4.69, 9.17) is 9.47 Å². The number of aryl methyl sites for hydroxylation is 1. The van der Waals surface area contributed by atoms with Gasteiger partial charge in [-0.1, -0.05) is 30.3 Å². The van der Waals surface area contributed by atoms with Gasteiger partial charge in [0.25, 0.3) is 0 Å². The fraction of sp³-hybridized carbons (Fsp3) is 0.211. The van der Waals surface area contributed by atoms with Crippen LogP contribution in [0, 0.1) is 6.92 Å². The van der Waals surface area contributed by atoms with Crippen LogP contribution < -0.4 is 10.1 Å². The van der Waals surface area contributed by atoms with Gasteiger partial charge in [0.2, 0.25) is 0 Å². The van der Waals surface area contributed by atoms with Crippen molar-refractivity contribution in [2.75, 3.05) is 25.6 Å². The lowest BCUT2D eigenvalue weighted by Gasteiger charge is -2.15. The molecule has 2 aromatic carbocycles. The van der Waals surface area contributed by atoms with Crippen LogP contribution >= 0.6 is 0 Å². The molecule has 0 unspecified atom stereocenters. The van der Waals surface area contributed by atoms with E-state index in [-0.39, 0.29) is 0 Å². The maximum Gasteiger partial charge on any atom is 0.142 e. The van der Waals surface area contributed by atoms with Crippen molar-refractivity contribution in [3.05, 3.63) is 60.3 Å². The lowest BCUT2D eigenvalue weighted by molar-refractivity contribution is 0.146. The van der Waals surface area contributed by atoms with E-state index in [2.05, 4.69) is 16.4 Å². The van der Waals surface area contributed by atoms with Crippen LogP contribution in [0.3, 0.4) is 0 Å². The Morgan fingerprint density at radius 2 is 1.74 bits per heavy atom. The first-order valence-electron chi connectivity index (χ1n) is 7.62. The van der Waals surface area contributed by atoms with Gasteiger partial charge in [0, 0.05) is 23.9 Å². The molecule has 118 valence electrons. The zero-order chi connectivity index (χ0) is 16.1. The molecular formula is C19H20N2O2. The zero-order valence-electron chi connectivity index (χ0n) is 13.4. The maximum absolute atomic E-state index is 5.79. The monoisotopic (exact) mass is 308 g/mol. The fourth-order valence-electron chi connectivity index (χ4n) is 2.49. The highest BCUT2D eigenvalue weighted by molar-refractivity contribution is 5.93. The summed E-state index contributed by atoms with van der Waals surface area (Å²) in [4.78, 5) is 4.57. The summed E-state index contributed by atoms with van der Waals surface area (Å²) in [6.07, 6.45) is 0. The van der Waals surface area contributed by atoms with E-state index in [1.54, 1.807) is 7.11 Å². The summed E-state index contributed by atoms with van der Waals surface area (Å²) in [6.45, 7) is 3.08. The standard InChI is InChI=1S/C19H20N2O2/c1-14-13-18(15-7-3-4-8-16(15)20-14)21-17-9-5-6-10-19(17)23-12-11-22-2/h3-10,13H,11-12H2,1-2H3,(H,20,21). The summed E-state index contributed by atoms with van der Waals surface area (Å²) in [5.74, 6) is 0.808. The van der Waals surface area contributed by atoms with Gasteiger partial charge < -0.3 is 14.8 Å². The van der Waals surface area contributed by atoms with Gasteiger partial charge in [0.15, 0.2) is 0 Å². The Labute approximate surface area is 136 Å². The van der Waals surface area contributed by atoms with Crippen LogP contribution in [-0.4, -0.2) is 25.3 Å². The van der Waals surface area contributed by atoms with Gasteiger partial charge in [-0.2, -0.15) is 0 Å². The summed E-state index contributed by atoms with van der Waals surface area (Å²) < 4.78 is 10.8. The van der Waals surface area contributed by atoms with Crippen LogP contribution in [0.4, 0.5) is 11.4 Å². The molecule has 1 N–H and O–H groups in total. The Bertz CT molecular complexity index is 802. The smallest absolute Gasteiger partial charge is 0.142 e. The van der Waals surface area contributed by atoms with Crippen molar-refractivity contribution in [1.29, 1.82) is 0 Å². The third-order valence-electron chi connectivity index (χ3n) is 3.55. The minimum absolute atomic E-state index is 0.519. The minimum Gasteiger partial charge on any atom is -0.489 e. The highest BCUT2D eigenvalue weighted by Crippen LogP contribution is 2.31. The molecule has 0 fully saturated rings. The number of pyridine rings is 1. The largest absolute Gasteiger partial charge is 0.489 e. The molecule has 23 heavy (non-hydrogen) atoms. The number of hydrogen-bond acceptors (Lipinski definition) is 4. The van der Waals surface area contributed by atoms with E-state index < -0.39 is 0 Å². The summed E-state index contributed by atoms with van der Waals surface area (Å²) >= 11 is 0. The molecule has 0 spiro atoms. The predicted molar refractivity (Wildman–Crippen MR) is 93.6 cm³/mol. The molecule has 3 aromatic rings. The van der Waals surface area contributed by atoms with E-state index >= 15 is 0 Å². The fourth-order valence-corrected chi connectivity index (χ4v) is 2.49. The van der Waals surface area contributed by atoms with Gasteiger partial charge >= 0.3 is 0 Å². The van der Waals surface area contributed by atoms with Crippen LogP contribution in [0.15, 0.2) is 54.6 Å². The van der Waals surface area contributed by atoms with Crippen LogP contribution in [0.25, 0.3) is 10.9 Å². The second-order valence-corrected chi connectivity index (χ2v) is 5.29. The highest BCUT2D eigenvalue weighted by Gasteiger charge is 2.07. The van der Waals surface area contributed by atoms with Crippen LogP contribution in [0.1, 0.15) is 5.69 Å². The number of nitrogens with zero attached hydrogens (tertiary/aromatic N) is 1. The molecule has 0 aliphatic rings. The molecular weight excluding hydrogens is 288 g/mol. The molecule has 1 aromatic heterocycles. The molecule has 0 bridgehead atoms. The first kappa shape index (κ1) is 15.3. The number of rotatable bonds is 6. The van der Waals surface area contributed by atoms with Crippen molar-refractivity contribution in [1.82, 2.24) is 4.98 Å². The van der Waals surface area contributed by atoms with Crippen molar-refractivity contribution in [2.45, 2.75) is 6.92 Å². The molecule has 4 heteroatoms. The number of benzene rings is 2. The molecule has 0 amide bonds. The average molecular weight is 308 g/mol. The van der Waals surface area contributed by atoms with Crippen LogP contribution in [-0.2, 0) is 4.74 Å². The topological polar surface area (TPSA) is 43.4 Å². The van der Waals surface area contributed by atoms with Crippen molar-refractivity contribution in [3.63, 3.8) is 0 Å². The number of para-hydroxylation sites is 3. The third kappa shape index (κ3) is 3.60. The Morgan fingerprint density at radius 1 is 0.957 bits per heavy atom. The number of aromatic nitrogens is 1. The average Bonchev–Trinajstić information content (AvgIpc) is 2.56. The van der Waals surface area contributed by atoms with Crippen LogP contribution in [0.2, 0.25) is 0 Å². The van der Waals surface area contributed by atoms with Gasteiger partial charge in [-0.15, -0.1) is 0 Å². The molecule has 1 heterocycles. The SMILES string of the molecule is COCCOc1ccccc1Nc1cc(C)nc2ccccc12. The van der Waals surface area contributed by atoms with E-state index in [0.717, 1.165) is 33.7 Å². The molecule has 0 aliphatic heterocycles. The Hall–Kier alpha value is -2.59. The van der Waals surface area contributed by atoms with Gasteiger partial charge in [0.05, 0.1) is 17.8 Å². The first-order valence-corrected chi connectivity index (χ1v) is 7.62. The second-order valence-electron chi connectivity index (χ2n) is 5.29. The second kappa shape index (κ2) is 7.11. The quantitative estimate of drug-likeness (QED) is 0.689. The summed E-state index contributed by atoms with van der Waals surface area (Å²) in [5.41, 5.74) is 3.91. The molecule has 0 saturated heterocycles. The maximum atomic E-state index is 5.79. The van der Waals surface area contributed by atoms with Crippen LogP contribution in [0.5, 0.6) is 5.75 Å². The van der Waals surface area contributed by atoms with E-state index in [9.17, 15) is 0 Å². The predicted octanol–water partition coefficient (Wildman–Crippen LogP) is 4.31. The number of anilines is 2. The third-order valence-corrected chi connectivity index (χ3v) is 3.55. The van der Waals surface area contributed by atoms with Gasteiger partial charge in [-0.25, -0.2) is 0 Å². The zero-order valence-corrected chi connectivity index (χ0v) is 13.4. The molecule has 0 saturated carbocycles. The molecule has 0 radical (unpaired) electrons. The number of fused-ring (bicyclic) bond motifs is 1. The van der Waals surface area contributed by atoms with E-state index in [1.165, 1.54) is 0 Å². The van der Waals surface area contributed by atoms with Gasteiger partial charge in [-0.3, -0.25) is 4.98 Å². The van der Waals surface area contributed by atoms with Crippen molar-refractivity contribution in [2.24, 2.45) is 0 Å². The number of nitrogens with one attached hydrogen (secondary N) is 1. The summed E-state index contributed by atoms with van der Waals surface area (Å²) in [7, 11) is 1.67. The molecule has 3 rings (SSSR count). The highest BCUT2D eigenvalue weighted by atomic mass is 16.5. The molecule has 4 nitrogen and oxygen atoms in total. The Morgan fingerprint density at radius 3 is 2.61 bits per heavy atom. The van der Waals surface area contributed by atoms with Crippen molar-refractivity contribution < 1.29 is 9.47 Å². The lowest BCUT2D eigenvalue weighted by atomic mass is 10.1. The Kier molecular flexibility index (Phi) is 4.74. The van der Waals surface area contributed by atoms with Gasteiger partial charge in [0.1, 0.15) is 12.4 Å². The van der Waals surface area contributed by atoms with Crippen molar-refractivity contribution >= 4 is 22.3 Å². The van der Waals surface area contributed by atoms with E-state index in [0.29, 0.717) is 13.2 Å². The summed E-state index contributed by atoms with van der Waals surface area (Å²) in [5, 5.41) is 4.57. The van der Waals surface area contributed by atoms with Crippen molar-refractivity contribution in [3.8, 4) is 5.75 Å². The summed E-state index contributed by atoms with van der Waals surface area (Å²) in [6, 6.07) is 18.1. The minimum atomic E-state index is 0.519. The molecule has 0 atom stereocenters.